The molecule has 0 aliphatic carbocycles. The van der Waals surface area contributed by atoms with E-state index in [4.69, 9.17) is 5.73 Å². The number of nitrogens with two attached hydrogens (primary N) is 1. The average Bonchev–Trinajstić information content (AvgIpc) is 2.34. The van der Waals surface area contributed by atoms with Gasteiger partial charge in [-0.2, -0.15) is 11.8 Å². The summed E-state index contributed by atoms with van der Waals surface area (Å²) < 4.78 is 0. The molecule has 0 aliphatic heterocycles. The van der Waals surface area contributed by atoms with Crippen LogP contribution in [0.4, 0.5) is 5.69 Å². The molecule has 18 heavy (non-hydrogen) atoms. The van der Waals surface area contributed by atoms with Crippen LogP contribution in [0.1, 0.15) is 18.9 Å². The van der Waals surface area contributed by atoms with Crippen molar-refractivity contribution in [3.05, 3.63) is 29.8 Å². The summed E-state index contributed by atoms with van der Waals surface area (Å²) in [6, 6.07) is 7.69. The predicted molar refractivity (Wildman–Crippen MR) is 79.7 cm³/mol. The van der Waals surface area contributed by atoms with Crippen molar-refractivity contribution in [2.45, 2.75) is 19.8 Å². The number of nitrogen functional groups attached to an aromatic ring is 1. The Morgan fingerprint density at radius 2 is 2.28 bits per heavy atom. The van der Waals surface area contributed by atoms with E-state index in [1.807, 2.05) is 36.0 Å². The van der Waals surface area contributed by atoms with Crippen molar-refractivity contribution in [2.24, 2.45) is 5.92 Å². The second-order valence-corrected chi connectivity index (χ2v) is 5.52. The smallest absolute Gasteiger partial charge is 0.220 e. The number of carbonyl (C=O) groups is 1. The van der Waals surface area contributed by atoms with Crippen molar-refractivity contribution >= 4 is 23.4 Å². The van der Waals surface area contributed by atoms with Crippen molar-refractivity contribution in [3.8, 4) is 0 Å². The molecule has 1 unspecified atom stereocenters. The van der Waals surface area contributed by atoms with Crippen LogP contribution in [-0.4, -0.2) is 24.5 Å². The summed E-state index contributed by atoms with van der Waals surface area (Å²) in [6.45, 7) is 2.91. The van der Waals surface area contributed by atoms with Gasteiger partial charge in [-0.1, -0.05) is 19.1 Å². The molecule has 0 fully saturated rings. The molecule has 1 amide bonds. The quantitative estimate of drug-likeness (QED) is 0.745. The molecular weight excluding hydrogens is 244 g/mol. The number of anilines is 1. The SMILES string of the molecule is CSCC(C)CNC(=O)CCc1cccc(N)c1. The van der Waals surface area contributed by atoms with E-state index in [0.717, 1.165) is 30.0 Å². The van der Waals surface area contributed by atoms with Crippen LogP contribution in [-0.2, 0) is 11.2 Å². The first-order valence-corrected chi connectivity index (χ1v) is 7.61. The zero-order chi connectivity index (χ0) is 13.4. The minimum absolute atomic E-state index is 0.116. The van der Waals surface area contributed by atoms with Crippen LogP contribution in [0.3, 0.4) is 0 Å². The van der Waals surface area contributed by atoms with E-state index in [-0.39, 0.29) is 5.91 Å². The van der Waals surface area contributed by atoms with E-state index in [9.17, 15) is 4.79 Å². The Bertz CT molecular complexity index is 382. The van der Waals surface area contributed by atoms with E-state index in [1.54, 1.807) is 0 Å². The van der Waals surface area contributed by atoms with Gasteiger partial charge in [0.25, 0.3) is 0 Å². The van der Waals surface area contributed by atoms with E-state index in [2.05, 4.69) is 18.5 Å². The lowest BCUT2D eigenvalue weighted by Crippen LogP contribution is -2.29. The van der Waals surface area contributed by atoms with Crippen LogP contribution in [0.15, 0.2) is 24.3 Å². The number of benzene rings is 1. The van der Waals surface area contributed by atoms with Crippen LogP contribution in [0.5, 0.6) is 0 Å². The summed E-state index contributed by atoms with van der Waals surface area (Å²) >= 11 is 1.81. The molecule has 0 spiro atoms. The van der Waals surface area contributed by atoms with Gasteiger partial charge in [0.2, 0.25) is 5.91 Å². The fourth-order valence-corrected chi connectivity index (χ4v) is 2.41. The summed E-state index contributed by atoms with van der Waals surface area (Å²) in [5.74, 6) is 1.72. The largest absolute Gasteiger partial charge is 0.399 e. The number of thioether (sulfide) groups is 1. The number of rotatable bonds is 7. The van der Waals surface area contributed by atoms with Gasteiger partial charge in [-0.15, -0.1) is 0 Å². The van der Waals surface area contributed by atoms with E-state index < -0.39 is 0 Å². The van der Waals surface area contributed by atoms with Crippen LogP contribution in [0.2, 0.25) is 0 Å². The first kappa shape index (κ1) is 14.9. The minimum atomic E-state index is 0.116. The molecule has 1 aromatic rings. The Morgan fingerprint density at radius 3 is 2.94 bits per heavy atom. The monoisotopic (exact) mass is 266 g/mol. The normalized spacial score (nSPS) is 12.1. The number of nitrogens with one attached hydrogen (secondary N) is 1. The van der Waals surface area contributed by atoms with Gasteiger partial charge in [0.1, 0.15) is 0 Å². The molecule has 3 N–H and O–H groups in total. The molecule has 0 saturated carbocycles. The summed E-state index contributed by atoms with van der Waals surface area (Å²) in [5, 5.41) is 2.97. The number of amides is 1. The molecule has 1 rings (SSSR count). The summed E-state index contributed by atoms with van der Waals surface area (Å²) in [4.78, 5) is 11.7. The fourth-order valence-electron chi connectivity index (χ4n) is 1.73. The Labute approximate surface area is 114 Å². The minimum Gasteiger partial charge on any atom is -0.399 e. The summed E-state index contributed by atoms with van der Waals surface area (Å²) in [5.41, 5.74) is 7.56. The molecule has 1 aromatic carbocycles. The number of hydrogen-bond acceptors (Lipinski definition) is 3. The van der Waals surface area contributed by atoms with Crippen molar-refractivity contribution in [3.63, 3.8) is 0 Å². The van der Waals surface area contributed by atoms with Gasteiger partial charge in [0.15, 0.2) is 0 Å². The molecule has 1 atom stereocenters. The standard InChI is InChI=1S/C14H22N2OS/c1-11(10-18-2)9-16-14(17)7-6-12-4-3-5-13(15)8-12/h3-5,8,11H,6-7,9-10,15H2,1-2H3,(H,16,17). The number of hydrogen-bond donors (Lipinski definition) is 2. The van der Waals surface area contributed by atoms with E-state index in [0.29, 0.717) is 12.3 Å². The lowest BCUT2D eigenvalue weighted by Gasteiger charge is -2.11. The maximum atomic E-state index is 11.7. The van der Waals surface area contributed by atoms with Gasteiger partial charge >= 0.3 is 0 Å². The topological polar surface area (TPSA) is 55.1 Å². The maximum absolute atomic E-state index is 11.7. The van der Waals surface area contributed by atoms with Crippen molar-refractivity contribution in [2.75, 3.05) is 24.3 Å². The highest BCUT2D eigenvalue weighted by molar-refractivity contribution is 7.98. The molecule has 0 radical (unpaired) electrons. The highest BCUT2D eigenvalue weighted by Gasteiger charge is 2.05. The van der Waals surface area contributed by atoms with Crippen molar-refractivity contribution in [1.82, 2.24) is 5.32 Å². The summed E-state index contributed by atoms with van der Waals surface area (Å²) in [7, 11) is 0. The zero-order valence-electron chi connectivity index (χ0n) is 11.1. The molecule has 0 bridgehead atoms. The Morgan fingerprint density at radius 1 is 1.50 bits per heavy atom. The average molecular weight is 266 g/mol. The van der Waals surface area contributed by atoms with Crippen molar-refractivity contribution < 1.29 is 4.79 Å². The van der Waals surface area contributed by atoms with Crippen molar-refractivity contribution in [1.29, 1.82) is 0 Å². The predicted octanol–water partition coefficient (Wildman–Crippen LogP) is 2.32. The van der Waals surface area contributed by atoms with Gasteiger partial charge in [-0.25, -0.2) is 0 Å². The third-order valence-electron chi connectivity index (χ3n) is 2.69. The first-order valence-electron chi connectivity index (χ1n) is 6.22. The van der Waals surface area contributed by atoms with Crippen LogP contribution in [0.25, 0.3) is 0 Å². The molecule has 3 nitrogen and oxygen atoms in total. The highest BCUT2D eigenvalue weighted by Crippen LogP contribution is 2.08. The Kier molecular flexibility index (Phi) is 6.65. The lowest BCUT2D eigenvalue weighted by atomic mass is 10.1. The molecule has 4 heteroatoms. The second kappa shape index (κ2) is 8.03. The van der Waals surface area contributed by atoms with Gasteiger partial charge in [-0.3, -0.25) is 4.79 Å². The van der Waals surface area contributed by atoms with E-state index in [1.165, 1.54) is 0 Å². The van der Waals surface area contributed by atoms with Crippen LogP contribution < -0.4 is 11.1 Å². The fraction of sp³-hybridized carbons (Fsp3) is 0.500. The Hall–Kier alpha value is -1.16. The molecule has 0 aliphatic rings. The molecule has 0 heterocycles. The molecular formula is C14H22N2OS. The van der Waals surface area contributed by atoms with Crippen LogP contribution >= 0.6 is 11.8 Å². The third-order valence-corrected chi connectivity index (χ3v) is 3.59. The molecule has 0 saturated heterocycles. The molecule has 100 valence electrons. The highest BCUT2D eigenvalue weighted by atomic mass is 32.2. The lowest BCUT2D eigenvalue weighted by molar-refractivity contribution is -0.121. The second-order valence-electron chi connectivity index (χ2n) is 4.61. The van der Waals surface area contributed by atoms with Gasteiger partial charge in [0, 0.05) is 18.7 Å². The van der Waals surface area contributed by atoms with E-state index >= 15 is 0 Å². The van der Waals surface area contributed by atoms with Crippen LogP contribution in [0, 0.1) is 5.92 Å². The first-order chi connectivity index (χ1) is 8.61. The Balaban J connectivity index is 2.25. The molecule has 0 aromatic heterocycles. The summed E-state index contributed by atoms with van der Waals surface area (Å²) in [6.07, 6.45) is 3.35. The van der Waals surface area contributed by atoms with Gasteiger partial charge in [0.05, 0.1) is 0 Å². The third kappa shape index (κ3) is 5.96. The number of carbonyl (C=O) groups excluding carboxylic acids is 1. The van der Waals surface area contributed by atoms with Gasteiger partial charge in [-0.05, 0) is 42.0 Å². The van der Waals surface area contributed by atoms with Gasteiger partial charge < -0.3 is 11.1 Å². The maximum Gasteiger partial charge on any atom is 0.220 e. The number of aryl methyl sites for hydroxylation is 1. The zero-order valence-corrected chi connectivity index (χ0v) is 11.9.